The molecule has 0 aliphatic carbocycles. The molecule has 0 spiro atoms. The average molecular weight is 437 g/mol. The molecule has 8 heteroatoms. The van der Waals surface area contributed by atoms with Crippen molar-refractivity contribution in [3.05, 3.63) is 70.5 Å². The molecule has 1 saturated heterocycles. The average Bonchev–Trinajstić information content (AvgIpc) is 3.27. The Labute approximate surface area is 184 Å². The summed E-state index contributed by atoms with van der Waals surface area (Å²) in [6.07, 6.45) is 0. The summed E-state index contributed by atoms with van der Waals surface area (Å²) in [6, 6.07) is 13.8. The molecule has 4 rings (SSSR count). The lowest BCUT2D eigenvalue weighted by molar-refractivity contribution is 0.0600. The molecule has 3 aromatic rings. The highest BCUT2D eigenvalue weighted by Crippen LogP contribution is 2.26. The van der Waals surface area contributed by atoms with Gasteiger partial charge in [0.25, 0.3) is 0 Å². The van der Waals surface area contributed by atoms with Crippen molar-refractivity contribution in [1.82, 2.24) is 9.88 Å². The largest absolute Gasteiger partial charge is 0.465 e. The van der Waals surface area contributed by atoms with Crippen LogP contribution in [-0.4, -0.2) is 49.1 Å². The van der Waals surface area contributed by atoms with E-state index in [4.69, 9.17) is 15.0 Å². The molecule has 158 valence electrons. The highest BCUT2D eigenvalue weighted by Gasteiger charge is 2.20. The molecule has 0 unspecified atom stereocenters. The van der Waals surface area contributed by atoms with E-state index in [2.05, 4.69) is 10.3 Å². The fourth-order valence-electron chi connectivity index (χ4n) is 3.59. The summed E-state index contributed by atoms with van der Waals surface area (Å²) >= 11 is 1.57. The number of halogens is 1. The fourth-order valence-corrected chi connectivity index (χ4v) is 4.40. The number of anilines is 1. The van der Waals surface area contributed by atoms with Crippen molar-refractivity contribution in [3.63, 3.8) is 0 Å². The third kappa shape index (κ3) is 4.74. The molecule has 0 bridgehead atoms. The van der Waals surface area contributed by atoms with Crippen LogP contribution in [0.15, 0.2) is 47.8 Å². The van der Waals surface area contributed by atoms with Crippen molar-refractivity contribution in [2.24, 2.45) is 0 Å². The first-order valence-corrected chi connectivity index (χ1v) is 10.8. The SMILES string of the molecule is COC(=O)c1ccc(-c2nc(CN3CCN(c4ccc(C#N)cc4F)CC3)cs2)cc1. The van der Waals surface area contributed by atoms with E-state index >= 15 is 0 Å². The van der Waals surface area contributed by atoms with Gasteiger partial charge in [-0.05, 0) is 30.3 Å². The van der Waals surface area contributed by atoms with Crippen LogP contribution >= 0.6 is 11.3 Å². The molecular formula is C23H21FN4O2S. The van der Waals surface area contributed by atoms with Crippen molar-refractivity contribution in [1.29, 1.82) is 5.26 Å². The molecule has 0 saturated carbocycles. The molecule has 1 fully saturated rings. The molecular weight excluding hydrogens is 415 g/mol. The highest BCUT2D eigenvalue weighted by molar-refractivity contribution is 7.13. The van der Waals surface area contributed by atoms with Crippen LogP contribution in [0.3, 0.4) is 0 Å². The van der Waals surface area contributed by atoms with Gasteiger partial charge in [-0.25, -0.2) is 14.2 Å². The van der Waals surface area contributed by atoms with E-state index in [9.17, 15) is 9.18 Å². The maximum Gasteiger partial charge on any atom is 0.337 e. The predicted molar refractivity (Wildman–Crippen MR) is 117 cm³/mol. The zero-order valence-electron chi connectivity index (χ0n) is 17.0. The smallest absolute Gasteiger partial charge is 0.337 e. The number of esters is 1. The number of carbonyl (C=O) groups is 1. The van der Waals surface area contributed by atoms with Crippen LogP contribution in [0.4, 0.5) is 10.1 Å². The molecule has 1 aromatic heterocycles. The minimum absolute atomic E-state index is 0.333. The first-order valence-electron chi connectivity index (χ1n) is 9.87. The van der Waals surface area contributed by atoms with Gasteiger partial charge in [0.15, 0.2) is 0 Å². The number of rotatable bonds is 5. The molecule has 0 amide bonds. The Hall–Kier alpha value is -3.28. The minimum atomic E-state index is -0.355. The lowest BCUT2D eigenvalue weighted by atomic mass is 10.1. The van der Waals surface area contributed by atoms with Gasteiger partial charge in [0.1, 0.15) is 10.8 Å². The number of nitriles is 1. The van der Waals surface area contributed by atoms with Crippen molar-refractivity contribution >= 4 is 23.0 Å². The van der Waals surface area contributed by atoms with Gasteiger partial charge in [-0.2, -0.15) is 5.26 Å². The fraction of sp³-hybridized carbons (Fsp3) is 0.261. The third-order valence-electron chi connectivity index (χ3n) is 5.28. The van der Waals surface area contributed by atoms with Gasteiger partial charge in [0.05, 0.1) is 35.7 Å². The van der Waals surface area contributed by atoms with Gasteiger partial charge < -0.3 is 9.64 Å². The second kappa shape index (κ2) is 9.25. The summed E-state index contributed by atoms with van der Waals surface area (Å²) in [4.78, 5) is 20.6. The maximum absolute atomic E-state index is 14.3. The van der Waals surface area contributed by atoms with E-state index in [-0.39, 0.29) is 11.8 Å². The lowest BCUT2D eigenvalue weighted by Gasteiger charge is -2.35. The quantitative estimate of drug-likeness (QED) is 0.565. The second-order valence-electron chi connectivity index (χ2n) is 7.25. The Kier molecular flexibility index (Phi) is 6.26. The monoisotopic (exact) mass is 436 g/mol. The number of hydrogen-bond acceptors (Lipinski definition) is 7. The van der Waals surface area contributed by atoms with Gasteiger partial charge >= 0.3 is 5.97 Å². The maximum atomic E-state index is 14.3. The summed E-state index contributed by atoms with van der Waals surface area (Å²) in [5.41, 5.74) is 3.35. The van der Waals surface area contributed by atoms with Crippen LogP contribution in [-0.2, 0) is 11.3 Å². The number of benzene rings is 2. The summed E-state index contributed by atoms with van der Waals surface area (Å²) in [5, 5.41) is 11.9. The van der Waals surface area contributed by atoms with Gasteiger partial charge in [-0.1, -0.05) is 12.1 Å². The van der Waals surface area contributed by atoms with Gasteiger partial charge in [0.2, 0.25) is 0 Å². The van der Waals surface area contributed by atoms with Crippen LogP contribution < -0.4 is 4.90 Å². The van der Waals surface area contributed by atoms with Gasteiger partial charge in [0, 0.05) is 43.7 Å². The lowest BCUT2D eigenvalue weighted by Crippen LogP contribution is -2.46. The number of hydrogen-bond donors (Lipinski definition) is 0. The van der Waals surface area contributed by atoms with E-state index in [0.717, 1.165) is 49.0 Å². The van der Waals surface area contributed by atoms with Crippen LogP contribution in [0.25, 0.3) is 10.6 Å². The Morgan fingerprint density at radius 2 is 1.94 bits per heavy atom. The van der Waals surface area contributed by atoms with E-state index in [1.54, 1.807) is 35.6 Å². The van der Waals surface area contributed by atoms with Crippen LogP contribution in [0.1, 0.15) is 21.6 Å². The van der Waals surface area contributed by atoms with Crippen molar-refractivity contribution in [3.8, 4) is 16.6 Å². The van der Waals surface area contributed by atoms with Crippen molar-refractivity contribution in [2.45, 2.75) is 6.54 Å². The Bertz CT molecular complexity index is 1120. The zero-order valence-corrected chi connectivity index (χ0v) is 17.9. The first-order chi connectivity index (χ1) is 15.1. The van der Waals surface area contributed by atoms with Crippen LogP contribution in [0.5, 0.6) is 0 Å². The molecule has 1 aliphatic rings. The van der Waals surface area contributed by atoms with Crippen LogP contribution in [0, 0.1) is 17.1 Å². The molecule has 6 nitrogen and oxygen atoms in total. The number of methoxy groups -OCH3 is 1. The summed E-state index contributed by atoms with van der Waals surface area (Å²) in [5.74, 6) is -0.707. The molecule has 2 aromatic carbocycles. The predicted octanol–water partition coefficient (Wildman–Crippen LogP) is 3.93. The topological polar surface area (TPSA) is 69.5 Å². The molecule has 31 heavy (non-hydrogen) atoms. The van der Waals surface area contributed by atoms with E-state index < -0.39 is 0 Å². The second-order valence-corrected chi connectivity index (χ2v) is 8.11. The molecule has 1 aliphatic heterocycles. The summed E-state index contributed by atoms with van der Waals surface area (Å²) in [7, 11) is 1.37. The normalized spacial score (nSPS) is 14.3. The van der Waals surface area contributed by atoms with Crippen LogP contribution in [0.2, 0.25) is 0 Å². The highest BCUT2D eigenvalue weighted by atomic mass is 32.1. The summed E-state index contributed by atoms with van der Waals surface area (Å²) < 4.78 is 19.0. The number of thiazole rings is 1. The minimum Gasteiger partial charge on any atom is -0.465 e. The van der Waals surface area contributed by atoms with E-state index in [1.165, 1.54) is 13.2 Å². The molecule has 2 heterocycles. The Morgan fingerprint density at radius 1 is 1.19 bits per heavy atom. The van der Waals surface area contributed by atoms with Crippen molar-refractivity contribution in [2.75, 3.05) is 38.2 Å². The number of nitrogens with zero attached hydrogens (tertiary/aromatic N) is 4. The molecule has 0 N–H and O–H groups in total. The number of piperazine rings is 1. The van der Waals surface area contributed by atoms with Crippen molar-refractivity contribution < 1.29 is 13.9 Å². The number of ether oxygens (including phenoxy) is 1. The first kappa shape index (κ1) is 21.0. The standard InChI is InChI=1S/C23H21FN4O2S/c1-30-23(29)18-5-3-17(4-6-18)22-26-19(15-31-22)14-27-8-10-28(11-9-27)21-7-2-16(13-25)12-20(21)24/h2-7,12,15H,8-11,14H2,1H3. The Balaban J connectivity index is 1.35. The number of carbonyl (C=O) groups excluding carboxylic acids is 1. The molecule has 0 atom stereocenters. The Morgan fingerprint density at radius 3 is 2.58 bits per heavy atom. The third-order valence-corrected chi connectivity index (χ3v) is 6.22. The zero-order chi connectivity index (χ0) is 21.8. The summed E-state index contributed by atoms with van der Waals surface area (Å²) in [6.45, 7) is 3.78. The van der Waals surface area contributed by atoms with Gasteiger partial charge in [-0.3, -0.25) is 4.90 Å². The van der Waals surface area contributed by atoms with Gasteiger partial charge in [-0.15, -0.1) is 11.3 Å². The molecule has 0 radical (unpaired) electrons. The number of aromatic nitrogens is 1. The van der Waals surface area contributed by atoms with E-state index in [1.807, 2.05) is 23.1 Å². The van der Waals surface area contributed by atoms with E-state index in [0.29, 0.717) is 16.8 Å².